The summed E-state index contributed by atoms with van der Waals surface area (Å²) in [5.74, 6) is 0.125. The zero-order chi connectivity index (χ0) is 18.4. The van der Waals surface area contributed by atoms with Crippen LogP contribution in [0.4, 0.5) is 5.82 Å². The molecule has 0 unspecified atom stereocenters. The summed E-state index contributed by atoms with van der Waals surface area (Å²) in [6.07, 6.45) is 0. The number of fused-ring (bicyclic) bond motifs is 1. The molecule has 2 heterocycles. The monoisotopic (exact) mass is 380 g/mol. The van der Waals surface area contributed by atoms with Crippen LogP contribution in [0.1, 0.15) is 21.6 Å². The lowest BCUT2D eigenvalue weighted by Crippen LogP contribution is -2.18. The second kappa shape index (κ2) is 6.10. The Morgan fingerprint density at radius 1 is 1.12 bits per heavy atom. The van der Waals surface area contributed by atoms with Gasteiger partial charge in [-0.05, 0) is 31.2 Å². The third-order valence-electron chi connectivity index (χ3n) is 4.14. The number of carbonyl (C=O) groups is 1. The lowest BCUT2D eigenvalue weighted by Gasteiger charge is -2.04. The van der Waals surface area contributed by atoms with Gasteiger partial charge in [-0.25, -0.2) is 4.99 Å². The lowest BCUT2D eigenvalue weighted by atomic mass is 10.1. The number of aryl methyl sites for hydroxylation is 1. The average molecular weight is 381 g/mol. The van der Waals surface area contributed by atoms with Crippen LogP contribution in [0.15, 0.2) is 47.5 Å². The van der Waals surface area contributed by atoms with Crippen molar-refractivity contribution in [1.82, 2.24) is 9.78 Å². The van der Waals surface area contributed by atoms with E-state index in [2.05, 4.69) is 10.1 Å². The minimum absolute atomic E-state index is 0.281. The molecule has 0 spiro atoms. The fraction of sp³-hybridized carbons (Fsp3) is 0.0526. The highest BCUT2D eigenvalue weighted by atomic mass is 35.5. The topological polar surface area (TPSA) is 71.0 Å². The maximum absolute atomic E-state index is 12.7. The van der Waals surface area contributed by atoms with Crippen LogP contribution in [0, 0.1) is 18.3 Å². The number of aromatic nitrogens is 2. The Hall–Kier alpha value is -2.94. The normalized spacial score (nSPS) is 12.7. The lowest BCUT2D eigenvalue weighted by molar-refractivity contribution is 0.0984. The molecule has 0 N–H and O–H groups in total. The van der Waals surface area contributed by atoms with Crippen molar-refractivity contribution in [3.63, 3.8) is 0 Å². The zero-order valence-electron chi connectivity index (χ0n) is 13.5. The van der Waals surface area contributed by atoms with Crippen LogP contribution in [0.25, 0.3) is 11.1 Å². The van der Waals surface area contributed by atoms with Crippen molar-refractivity contribution in [2.45, 2.75) is 6.92 Å². The molecule has 7 heteroatoms. The van der Waals surface area contributed by atoms with Gasteiger partial charge in [0.1, 0.15) is 5.71 Å². The Kier molecular flexibility index (Phi) is 3.87. The predicted octanol–water partition coefficient (Wildman–Crippen LogP) is 4.81. The van der Waals surface area contributed by atoms with E-state index in [-0.39, 0.29) is 11.6 Å². The van der Waals surface area contributed by atoms with Gasteiger partial charge in [-0.15, -0.1) is 0 Å². The van der Waals surface area contributed by atoms with Gasteiger partial charge in [-0.2, -0.15) is 15.0 Å². The number of nitrogens with zero attached hydrogens (tertiary/aromatic N) is 4. The molecule has 1 aliphatic rings. The number of hydrogen-bond acceptors (Lipinski definition) is 4. The number of benzene rings is 2. The number of carbonyl (C=O) groups excluding carboxylic acids is 1. The molecule has 0 radical (unpaired) electrons. The number of rotatable bonds is 2. The average Bonchev–Trinajstić information content (AvgIpc) is 3.11. The van der Waals surface area contributed by atoms with Crippen molar-refractivity contribution in [3.05, 3.63) is 69.3 Å². The number of nitriles is 1. The van der Waals surface area contributed by atoms with Crippen LogP contribution in [-0.4, -0.2) is 21.4 Å². The Bertz CT molecular complexity index is 1140. The van der Waals surface area contributed by atoms with Crippen molar-refractivity contribution >= 4 is 40.6 Å². The van der Waals surface area contributed by atoms with Gasteiger partial charge >= 0.3 is 0 Å². The highest BCUT2D eigenvalue weighted by Crippen LogP contribution is 2.40. The molecular formula is C19H10Cl2N4O. The van der Waals surface area contributed by atoms with Gasteiger partial charge in [0.2, 0.25) is 0 Å². The van der Waals surface area contributed by atoms with Gasteiger partial charge in [-0.1, -0.05) is 41.4 Å². The summed E-state index contributed by atoms with van der Waals surface area (Å²) < 4.78 is 1.28. The summed E-state index contributed by atoms with van der Waals surface area (Å²) >= 11 is 12.3. The molecule has 0 aliphatic carbocycles. The number of hydrogen-bond donors (Lipinski definition) is 0. The molecular weight excluding hydrogens is 371 g/mol. The minimum atomic E-state index is -0.316. The summed E-state index contributed by atoms with van der Waals surface area (Å²) in [5.41, 5.74) is 3.49. The Morgan fingerprint density at radius 3 is 2.50 bits per heavy atom. The van der Waals surface area contributed by atoms with E-state index in [0.29, 0.717) is 43.8 Å². The molecule has 126 valence electrons. The van der Waals surface area contributed by atoms with E-state index in [1.54, 1.807) is 49.4 Å². The maximum Gasteiger partial charge on any atom is 0.299 e. The van der Waals surface area contributed by atoms with E-state index in [4.69, 9.17) is 28.5 Å². The Balaban J connectivity index is 1.86. The van der Waals surface area contributed by atoms with Crippen molar-refractivity contribution in [2.24, 2.45) is 4.99 Å². The fourth-order valence-corrected chi connectivity index (χ4v) is 3.42. The molecule has 0 bridgehead atoms. The van der Waals surface area contributed by atoms with Gasteiger partial charge in [0.15, 0.2) is 5.82 Å². The third kappa shape index (κ3) is 2.51. The Morgan fingerprint density at radius 2 is 1.85 bits per heavy atom. The third-order valence-corrected chi connectivity index (χ3v) is 4.68. The first kappa shape index (κ1) is 16.5. The number of halogens is 2. The van der Waals surface area contributed by atoms with Gasteiger partial charge in [0.25, 0.3) is 5.91 Å². The van der Waals surface area contributed by atoms with Crippen molar-refractivity contribution in [2.75, 3.05) is 0 Å². The van der Waals surface area contributed by atoms with Crippen LogP contribution >= 0.6 is 23.2 Å². The van der Waals surface area contributed by atoms with Gasteiger partial charge in [-0.3, -0.25) is 4.79 Å². The fourth-order valence-electron chi connectivity index (χ4n) is 2.91. The summed E-state index contributed by atoms with van der Waals surface area (Å²) in [5, 5.41) is 14.2. The largest absolute Gasteiger partial charge is 0.299 e. The summed E-state index contributed by atoms with van der Waals surface area (Å²) in [6.45, 7) is 1.80. The van der Waals surface area contributed by atoms with E-state index in [1.807, 2.05) is 6.07 Å². The Labute approximate surface area is 159 Å². The van der Waals surface area contributed by atoms with Crippen LogP contribution < -0.4 is 0 Å². The predicted molar refractivity (Wildman–Crippen MR) is 100 cm³/mol. The minimum Gasteiger partial charge on any atom is -0.265 e. The quantitative estimate of drug-likeness (QED) is 0.640. The molecule has 0 atom stereocenters. The van der Waals surface area contributed by atoms with Crippen LogP contribution in [0.5, 0.6) is 0 Å². The summed E-state index contributed by atoms with van der Waals surface area (Å²) in [6, 6.07) is 13.9. The van der Waals surface area contributed by atoms with Crippen molar-refractivity contribution in [3.8, 4) is 17.2 Å². The molecule has 0 amide bonds. The van der Waals surface area contributed by atoms with E-state index in [1.165, 1.54) is 4.68 Å². The summed E-state index contributed by atoms with van der Waals surface area (Å²) in [4.78, 5) is 17.3. The molecule has 5 nitrogen and oxygen atoms in total. The van der Waals surface area contributed by atoms with Crippen LogP contribution in [-0.2, 0) is 0 Å². The van der Waals surface area contributed by atoms with Gasteiger partial charge < -0.3 is 0 Å². The SMILES string of the molecule is Cc1nn2c(c1-c1ccc(Cl)cc1Cl)N=C(c1ccc(C#N)cc1)C2=O. The van der Waals surface area contributed by atoms with Crippen LogP contribution in [0.3, 0.4) is 0 Å². The second-order valence-corrected chi connectivity index (χ2v) is 6.62. The van der Waals surface area contributed by atoms with E-state index >= 15 is 0 Å². The maximum atomic E-state index is 12.7. The van der Waals surface area contributed by atoms with Gasteiger partial charge in [0.05, 0.1) is 27.9 Å². The van der Waals surface area contributed by atoms with E-state index in [0.717, 1.165) is 0 Å². The van der Waals surface area contributed by atoms with Crippen molar-refractivity contribution < 1.29 is 4.79 Å². The molecule has 0 saturated heterocycles. The molecule has 26 heavy (non-hydrogen) atoms. The molecule has 0 saturated carbocycles. The van der Waals surface area contributed by atoms with E-state index in [9.17, 15) is 4.79 Å². The standard InChI is InChI=1S/C19H10Cl2N4O/c1-10-16(14-7-6-13(20)8-15(14)21)18-23-17(19(26)25(18)24-10)12-4-2-11(9-22)3-5-12/h2-8H,1H3. The first-order valence-corrected chi connectivity index (χ1v) is 8.44. The van der Waals surface area contributed by atoms with Crippen LogP contribution in [0.2, 0.25) is 10.0 Å². The smallest absolute Gasteiger partial charge is 0.265 e. The van der Waals surface area contributed by atoms with Gasteiger partial charge in [0, 0.05) is 16.1 Å². The van der Waals surface area contributed by atoms with E-state index < -0.39 is 0 Å². The molecule has 1 aliphatic heterocycles. The first-order chi connectivity index (χ1) is 12.5. The highest BCUT2D eigenvalue weighted by molar-refractivity contribution is 6.48. The molecule has 3 aromatic rings. The summed E-state index contributed by atoms with van der Waals surface area (Å²) in [7, 11) is 0. The number of aliphatic imine (C=N–C) groups is 1. The van der Waals surface area contributed by atoms with Crippen molar-refractivity contribution in [1.29, 1.82) is 5.26 Å². The second-order valence-electron chi connectivity index (χ2n) is 5.77. The first-order valence-electron chi connectivity index (χ1n) is 7.68. The molecule has 2 aromatic carbocycles. The molecule has 4 rings (SSSR count). The molecule has 1 aromatic heterocycles. The zero-order valence-corrected chi connectivity index (χ0v) is 15.0. The highest BCUT2D eigenvalue weighted by Gasteiger charge is 2.31. The molecule has 0 fully saturated rings.